The third-order valence-corrected chi connectivity index (χ3v) is 5.56. The van der Waals surface area contributed by atoms with Gasteiger partial charge in [-0.15, -0.1) is 0 Å². The van der Waals surface area contributed by atoms with Crippen molar-refractivity contribution in [2.24, 2.45) is 0 Å². The molecule has 0 aliphatic carbocycles. The van der Waals surface area contributed by atoms with Crippen LogP contribution in [0.5, 0.6) is 0 Å². The molecule has 3 N–H and O–H groups in total. The Kier molecular flexibility index (Phi) is 7.79. The van der Waals surface area contributed by atoms with Crippen LogP contribution in [0.15, 0.2) is 36.4 Å². The third kappa shape index (κ3) is 5.56. The number of methoxy groups -OCH3 is 1. The first kappa shape index (κ1) is 22.2. The molecule has 0 atom stereocenters. The zero-order chi connectivity index (χ0) is 21.5. The van der Waals surface area contributed by atoms with Gasteiger partial charge in [-0.1, -0.05) is 29.3 Å². The van der Waals surface area contributed by atoms with E-state index in [9.17, 15) is 9.59 Å². The number of urea groups is 1. The van der Waals surface area contributed by atoms with Gasteiger partial charge in [0.15, 0.2) is 0 Å². The molecule has 2 aromatic rings. The normalized spacial score (nSPS) is 13.2. The van der Waals surface area contributed by atoms with Crippen molar-refractivity contribution in [3.63, 3.8) is 0 Å². The maximum atomic E-state index is 12.8. The number of hydrogen-bond donors (Lipinski definition) is 3. The first-order valence-corrected chi connectivity index (χ1v) is 10.4. The summed E-state index contributed by atoms with van der Waals surface area (Å²) in [6, 6.07) is 9.81. The Morgan fingerprint density at radius 2 is 1.87 bits per heavy atom. The van der Waals surface area contributed by atoms with Crippen molar-refractivity contribution >= 4 is 52.2 Å². The minimum absolute atomic E-state index is 0.212. The lowest BCUT2D eigenvalue weighted by Crippen LogP contribution is -2.30. The number of nitrogens with zero attached hydrogens (tertiary/aromatic N) is 1. The van der Waals surface area contributed by atoms with Crippen LogP contribution < -0.4 is 20.9 Å². The first-order valence-electron chi connectivity index (χ1n) is 9.67. The van der Waals surface area contributed by atoms with Crippen LogP contribution in [-0.2, 0) is 4.74 Å². The molecule has 0 radical (unpaired) electrons. The highest BCUT2D eigenvalue weighted by molar-refractivity contribution is 6.44. The van der Waals surface area contributed by atoms with Gasteiger partial charge in [-0.3, -0.25) is 4.79 Å². The van der Waals surface area contributed by atoms with Crippen molar-refractivity contribution in [2.45, 2.75) is 12.8 Å². The molecule has 1 heterocycles. The molecule has 2 aromatic carbocycles. The van der Waals surface area contributed by atoms with Crippen molar-refractivity contribution in [1.29, 1.82) is 0 Å². The van der Waals surface area contributed by atoms with Gasteiger partial charge in [0, 0.05) is 38.1 Å². The van der Waals surface area contributed by atoms with E-state index in [-0.39, 0.29) is 10.9 Å². The fourth-order valence-electron chi connectivity index (χ4n) is 3.28. The van der Waals surface area contributed by atoms with Crippen LogP contribution in [0.2, 0.25) is 10.0 Å². The summed E-state index contributed by atoms with van der Waals surface area (Å²) in [5, 5.41) is 8.86. The quantitative estimate of drug-likeness (QED) is 0.537. The first-order chi connectivity index (χ1) is 14.5. The van der Waals surface area contributed by atoms with E-state index in [2.05, 4.69) is 20.9 Å². The van der Waals surface area contributed by atoms with Gasteiger partial charge in [-0.05, 0) is 43.2 Å². The van der Waals surface area contributed by atoms with E-state index >= 15 is 0 Å². The van der Waals surface area contributed by atoms with Crippen LogP contribution in [0.25, 0.3) is 0 Å². The van der Waals surface area contributed by atoms with Gasteiger partial charge in [0.05, 0.1) is 27.9 Å². The molecule has 3 rings (SSSR count). The highest BCUT2D eigenvalue weighted by Gasteiger charge is 2.20. The lowest BCUT2D eigenvalue weighted by molar-refractivity contribution is 0.0937. The lowest BCUT2D eigenvalue weighted by atomic mass is 10.1. The number of nitrogens with one attached hydrogen (secondary N) is 3. The average Bonchev–Trinajstić information content (AvgIpc) is 3.26. The maximum Gasteiger partial charge on any atom is 0.323 e. The third-order valence-electron chi connectivity index (χ3n) is 4.74. The Morgan fingerprint density at radius 1 is 1.10 bits per heavy atom. The van der Waals surface area contributed by atoms with Crippen LogP contribution >= 0.6 is 23.2 Å². The Hall–Kier alpha value is -2.48. The second-order valence-corrected chi connectivity index (χ2v) is 7.64. The number of halogens is 2. The zero-order valence-corrected chi connectivity index (χ0v) is 18.1. The Balaban J connectivity index is 1.77. The molecular formula is C21H24Cl2N4O3. The molecule has 30 heavy (non-hydrogen) atoms. The molecule has 1 fully saturated rings. The monoisotopic (exact) mass is 450 g/mol. The van der Waals surface area contributed by atoms with Gasteiger partial charge in [-0.25, -0.2) is 4.79 Å². The van der Waals surface area contributed by atoms with Crippen LogP contribution in [0, 0.1) is 0 Å². The minimum Gasteiger partial charge on any atom is -0.383 e. The molecule has 1 aliphatic rings. The molecule has 3 amide bonds. The molecule has 0 aromatic heterocycles. The number of rotatable bonds is 7. The summed E-state index contributed by atoms with van der Waals surface area (Å²) in [4.78, 5) is 27.4. The van der Waals surface area contributed by atoms with Gasteiger partial charge in [0.2, 0.25) is 0 Å². The Bertz CT molecular complexity index is 917. The topological polar surface area (TPSA) is 82.7 Å². The molecule has 160 valence electrons. The van der Waals surface area contributed by atoms with E-state index in [4.69, 9.17) is 27.9 Å². The summed E-state index contributed by atoms with van der Waals surface area (Å²) in [5.74, 6) is -0.212. The molecule has 0 bridgehead atoms. The molecule has 0 spiro atoms. The molecule has 0 saturated carbocycles. The summed E-state index contributed by atoms with van der Waals surface area (Å²) < 4.78 is 5.00. The van der Waals surface area contributed by atoms with Gasteiger partial charge in [-0.2, -0.15) is 0 Å². The van der Waals surface area contributed by atoms with Crippen LogP contribution in [-0.4, -0.2) is 45.3 Å². The molecule has 7 nitrogen and oxygen atoms in total. The standard InChI is InChI=1S/C21H24Cl2N4O3/c1-30-12-9-24-20(28)15-13-14(7-8-18(15)27-10-2-3-11-27)25-21(29)26-17-6-4-5-16(22)19(17)23/h4-8,13H,2-3,9-12H2,1H3,(H,24,28)(H2,25,26,29). The van der Waals surface area contributed by atoms with Crippen LogP contribution in [0.4, 0.5) is 21.9 Å². The number of carbonyl (C=O) groups excluding carboxylic acids is 2. The number of carbonyl (C=O) groups is 2. The number of benzene rings is 2. The Morgan fingerprint density at radius 3 is 2.60 bits per heavy atom. The lowest BCUT2D eigenvalue weighted by Gasteiger charge is -2.22. The maximum absolute atomic E-state index is 12.8. The molecule has 0 unspecified atom stereocenters. The number of ether oxygens (including phenoxy) is 1. The second kappa shape index (κ2) is 10.5. The van der Waals surface area contributed by atoms with Gasteiger partial charge in [0.25, 0.3) is 5.91 Å². The fourth-order valence-corrected chi connectivity index (χ4v) is 3.62. The zero-order valence-electron chi connectivity index (χ0n) is 16.6. The number of hydrogen-bond acceptors (Lipinski definition) is 4. The number of amides is 3. The molecule has 1 aliphatic heterocycles. The van der Waals surface area contributed by atoms with E-state index in [1.54, 1.807) is 37.4 Å². The van der Waals surface area contributed by atoms with E-state index in [0.29, 0.717) is 35.1 Å². The highest BCUT2D eigenvalue weighted by Crippen LogP contribution is 2.30. The molecule has 9 heteroatoms. The molecular weight excluding hydrogens is 427 g/mol. The SMILES string of the molecule is COCCNC(=O)c1cc(NC(=O)Nc2cccc(Cl)c2Cl)ccc1N1CCCC1. The Labute approximate surface area is 185 Å². The minimum atomic E-state index is -0.487. The van der Waals surface area contributed by atoms with Crippen molar-refractivity contribution < 1.29 is 14.3 Å². The van der Waals surface area contributed by atoms with Gasteiger partial charge >= 0.3 is 6.03 Å². The van der Waals surface area contributed by atoms with Crippen molar-refractivity contribution in [1.82, 2.24) is 5.32 Å². The summed E-state index contributed by atoms with van der Waals surface area (Å²) in [6.07, 6.45) is 2.18. The van der Waals surface area contributed by atoms with Crippen molar-refractivity contribution in [3.8, 4) is 0 Å². The van der Waals surface area contributed by atoms with E-state index in [1.165, 1.54) is 0 Å². The predicted octanol–water partition coefficient (Wildman–Crippen LogP) is 4.61. The summed E-state index contributed by atoms with van der Waals surface area (Å²) in [6.45, 7) is 2.63. The van der Waals surface area contributed by atoms with Crippen LogP contribution in [0.1, 0.15) is 23.2 Å². The van der Waals surface area contributed by atoms with Gasteiger partial charge < -0.3 is 25.6 Å². The van der Waals surface area contributed by atoms with Crippen LogP contribution in [0.3, 0.4) is 0 Å². The van der Waals surface area contributed by atoms with E-state index in [1.807, 2.05) is 6.07 Å². The molecule has 1 saturated heterocycles. The van der Waals surface area contributed by atoms with Crippen molar-refractivity contribution in [2.75, 3.05) is 48.9 Å². The van der Waals surface area contributed by atoms with Crippen molar-refractivity contribution in [3.05, 3.63) is 52.0 Å². The van der Waals surface area contributed by atoms with Gasteiger partial charge in [0.1, 0.15) is 0 Å². The smallest absolute Gasteiger partial charge is 0.323 e. The average molecular weight is 451 g/mol. The second-order valence-electron chi connectivity index (χ2n) is 6.86. The predicted molar refractivity (Wildman–Crippen MR) is 121 cm³/mol. The largest absolute Gasteiger partial charge is 0.383 e. The number of anilines is 3. The summed E-state index contributed by atoms with van der Waals surface area (Å²) >= 11 is 12.1. The summed E-state index contributed by atoms with van der Waals surface area (Å²) in [7, 11) is 1.58. The summed E-state index contributed by atoms with van der Waals surface area (Å²) in [5.41, 5.74) is 2.25. The highest BCUT2D eigenvalue weighted by atomic mass is 35.5. The van der Waals surface area contributed by atoms with E-state index in [0.717, 1.165) is 31.6 Å². The van der Waals surface area contributed by atoms with E-state index < -0.39 is 6.03 Å². The fraction of sp³-hybridized carbons (Fsp3) is 0.333.